The molecule has 33 heavy (non-hydrogen) atoms. The van der Waals surface area contributed by atoms with Crippen molar-refractivity contribution >= 4 is 29.0 Å². The summed E-state index contributed by atoms with van der Waals surface area (Å²) in [6.07, 6.45) is 2.95. The van der Waals surface area contributed by atoms with E-state index in [-0.39, 0.29) is 24.5 Å². The summed E-state index contributed by atoms with van der Waals surface area (Å²) in [6.45, 7) is 3.26. The second kappa shape index (κ2) is 8.86. The van der Waals surface area contributed by atoms with Crippen molar-refractivity contribution in [2.45, 2.75) is 20.4 Å². The molecule has 3 heterocycles. The molecule has 3 aromatic heterocycles. The quantitative estimate of drug-likeness (QED) is 0.257. The van der Waals surface area contributed by atoms with Crippen LogP contribution in [0.25, 0.3) is 16.9 Å². The number of hydrogen-bond donors (Lipinski definition) is 1. The maximum Gasteiger partial charge on any atom is 0.345 e. The molecule has 1 amide bonds. The molecular formula is C21H19N7O5. The zero-order valence-electron chi connectivity index (χ0n) is 17.8. The van der Waals surface area contributed by atoms with E-state index in [1.807, 2.05) is 6.07 Å². The van der Waals surface area contributed by atoms with Crippen molar-refractivity contribution in [2.75, 3.05) is 11.9 Å². The molecule has 0 saturated heterocycles. The summed E-state index contributed by atoms with van der Waals surface area (Å²) in [5.74, 6) is -1.24. The maximum atomic E-state index is 12.5. The van der Waals surface area contributed by atoms with E-state index in [1.165, 1.54) is 16.8 Å². The van der Waals surface area contributed by atoms with Crippen LogP contribution in [0.4, 0.5) is 11.5 Å². The molecule has 12 nitrogen and oxygen atoms in total. The Labute approximate surface area is 187 Å². The van der Waals surface area contributed by atoms with E-state index in [2.05, 4.69) is 20.5 Å². The number of carbonyl (C=O) groups is 2. The molecule has 0 saturated carbocycles. The fourth-order valence-electron chi connectivity index (χ4n) is 3.35. The van der Waals surface area contributed by atoms with Gasteiger partial charge in [-0.05, 0) is 37.0 Å². The third-order valence-electron chi connectivity index (χ3n) is 4.70. The van der Waals surface area contributed by atoms with Crippen molar-refractivity contribution in [3.63, 3.8) is 0 Å². The van der Waals surface area contributed by atoms with E-state index in [1.54, 1.807) is 44.3 Å². The van der Waals surface area contributed by atoms with Gasteiger partial charge in [-0.1, -0.05) is 17.2 Å². The molecule has 1 N–H and O–H groups in total. The Bertz CT molecular complexity index is 1370. The van der Waals surface area contributed by atoms with Crippen molar-refractivity contribution in [1.82, 2.24) is 24.4 Å². The first-order valence-corrected chi connectivity index (χ1v) is 9.96. The minimum absolute atomic E-state index is 0.235. The SMILES string of the molecule is CCOC(=O)c1cnn2c(-c3cccc(NC(=O)Cn4nc(C)cc4[N+](=O)[O-])c3)ccnc12. The van der Waals surface area contributed by atoms with E-state index < -0.39 is 16.8 Å². The van der Waals surface area contributed by atoms with Crippen LogP contribution in [-0.2, 0) is 16.1 Å². The van der Waals surface area contributed by atoms with E-state index in [9.17, 15) is 19.7 Å². The lowest BCUT2D eigenvalue weighted by molar-refractivity contribution is -0.392. The highest BCUT2D eigenvalue weighted by molar-refractivity contribution is 5.96. The second-order valence-corrected chi connectivity index (χ2v) is 7.03. The Morgan fingerprint density at radius 3 is 2.82 bits per heavy atom. The fraction of sp³-hybridized carbons (Fsp3) is 0.190. The molecule has 0 aliphatic rings. The average Bonchev–Trinajstić information content (AvgIpc) is 3.37. The number of aryl methyl sites for hydroxylation is 1. The fourth-order valence-corrected chi connectivity index (χ4v) is 3.35. The summed E-state index contributed by atoms with van der Waals surface area (Å²) < 4.78 is 7.61. The number of carbonyl (C=O) groups excluding carboxylic acids is 2. The van der Waals surface area contributed by atoms with Gasteiger partial charge in [-0.2, -0.15) is 5.10 Å². The zero-order chi connectivity index (χ0) is 23.5. The molecule has 1 aromatic carbocycles. The van der Waals surface area contributed by atoms with Crippen molar-refractivity contribution in [2.24, 2.45) is 0 Å². The normalized spacial score (nSPS) is 10.8. The number of amides is 1. The third kappa shape index (κ3) is 4.39. The van der Waals surface area contributed by atoms with Gasteiger partial charge < -0.3 is 20.2 Å². The van der Waals surface area contributed by atoms with Gasteiger partial charge in [-0.25, -0.2) is 14.3 Å². The van der Waals surface area contributed by atoms with Gasteiger partial charge in [-0.3, -0.25) is 4.79 Å². The lowest BCUT2D eigenvalue weighted by atomic mass is 10.1. The van der Waals surface area contributed by atoms with Crippen LogP contribution in [0, 0.1) is 17.0 Å². The maximum absolute atomic E-state index is 12.5. The molecule has 0 aliphatic carbocycles. The van der Waals surface area contributed by atoms with Gasteiger partial charge in [0.1, 0.15) is 5.56 Å². The van der Waals surface area contributed by atoms with Crippen LogP contribution in [0.2, 0.25) is 0 Å². The van der Waals surface area contributed by atoms with Crippen LogP contribution >= 0.6 is 0 Å². The largest absolute Gasteiger partial charge is 0.462 e. The van der Waals surface area contributed by atoms with Gasteiger partial charge in [0.05, 0.1) is 30.3 Å². The number of nitrogens with one attached hydrogen (secondary N) is 1. The third-order valence-corrected chi connectivity index (χ3v) is 4.70. The molecule has 0 unspecified atom stereocenters. The van der Waals surface area contributed by atoms with E-state index in [4.69, 9.17) is 4.74 Å². The van der Waals surface area contributed by atoms with Gasteiger partial charge >= 0.3 is 11.8 Å². The summed E-state index contributed by atoms with van der Waals surface area (Å²) >= 11 is 0. The number of ether oxygens (including phenoxy) is 1. The van der Waals surface area contributed by atoms with Crippen LogP contribution in [0.3, 0.4) is 0 Å². The van der Waals surface area contributed by atoms with Crippen LogP contribution in [0.5, 0.6) is 0 Å². The molecule has 0 atom stereocenters. The first-order valence-electron chi connectivity index (χ1n) is 9.96. The molecular weight excluding hydrogens is 430 g/mol. The van der Waals surface area contributed by atoms with E-state index in [0.717, 1.165) is 4.68 Å². The van der Waals surface area contributed by atoms with Gasteiger partial charge in [0.2, 0.25) is 0 Å². The standard InChI is InChI=1S/C21H19N7O5/c1-3-33-21(30)16-11-23-27-17(7-8-22-20(16)27)14-5-4-6-15(10-14)24-18(29)12-26-19(28(31)32)9-13(2)25-26/h4-11H,3,12H2,1-2H3,(H,24,29). The Kier molecular flexibility index (Phi) is 5.81. The highest BCUT2D eigenvalue weighted by atomic mass is 16.6. The smallest absolute Gasteiger partial charge is 0.345 e. The molecule has 0 aliphatic heterocycles. The van der Waals surface area contributed by atoms with E-state index in [0.29, 0.717) is 28.3 Å². The lowest BCUT2D eigenvalue weighted by Crippen LogP contribution is -2.20. The highest BCUT2D eigenvalue weighted by Crippen LogP contribution is 2.24. The van der Waals surface area contributed by atoms with Crippen molar-refractivity contribution in [1.29, 1.82) is 0 Å². The highest BCUT2D eigenvalue weighted by Gasteiger charge is 2.20. The molecule has 0 fully saturated rings. The number of aromatic nitrogens is 5. The number of anilines is 1. The minimum Gasteiger partial charge on any atom is -0.462 e. The minimum atomic E-state index is -0.586. The zero-order valence-corrected chi connectivity index (χ0v) is 17.8. The molecule has 12 heteroatoms. The Balaban J connectivity index is 1.59. The first kappa shape index (κ1) is 21.6. The summed E-state index contributed by atoms with van der Waals surface area (Å²) in [5, 5.41) is 22.1. The number of rotatable bonds is 7. The topological polar surface area (TPSA) is 147 Å². The predicted molar refractivity (Wildman–Crippen MR) is 117 cm³/mol. The monoisotopic (exact) mass is 449 g/mol. The molecule has 0 radical (unpaired) electrons. The van der Waals surface area contributed by atoms with E-state index >= 15 is 0 Å². The Morgan fingerprint density at radius 1 is 1.24 bits per heavy atom. The van der Waals surface area contributed by atoms with Crippen molar-refractivity contribution in [3.05, 3.63) is 70.2 Å². The molecule has 0 bridgehead atoms. The van der Waals surface area contributed by atoms with Crippen LogP contribution < -0.4 is 5.32 Å². The molecule has 168 valence electrons. The predicted octanol–water partition coefficient (Wildman–Crippen LogP) is 2.62. The first-order chi connectivity index (χ1) is 15.9. The van der Waals surface area contributed by atoms with Gasteiger partial charge in [-0.15, -0.1) is 4.68 Å². The summed E-state index contributed by atoms with van der Waals surface area (Å²) in [4.78, 5) is 39.4. The molecule has 4 rings (SSSR count). The molecule has 4 aromatic rings. The summed E-state index contributed by atoms with van der Waals surface area (Å²) in [6, 6.07) is 10.0. The number of benzene rings is 1. The number of hydrogen-bond acceptors (Lipinski definition) is 8. The van der Waals surface area contributed by atoms with Crippen LogP contribution in [0.15, 0.2) is 48.8 Å². The Morgan fingerprint density at radius 2 is 2.06 bits per heavy atom. The lowest BCUT2D eigenvalue weighted by Gasteiger charge is -2.08. The molecule has 0 spiro atoms. The number of esters is 1. The van der Waals surface area contributed by atoms with Crippen LogP contribution in [0.1, 0.15) is 23.0 Å². The van der Waals surface area contributed by atoms with Crippen LogP contribution in [-0.4, -0.2) is 47.8 Å². The van der Waals surface area contributed by atoms with Crippen molar-refractivity contribution < 1.29 is 19.2 Å². The van der Waals surface area contributed by atoms with Gasteiger partial charge in [0.25, 0.3) is 5.91 Å². The van der Waals surface area contributed by atoms with Gasteiger partial charge in [0, 0.05) is 17.4 Å². The number of fused-ring (bicyclic) bond motifs is 1. The second-order valence-electron chi connectivity index (χ2n) is 7.03. The summed E-state index contributed by atoms with van der Waals surface area (Å²) in [5.41, 5.74) is 2.87. The van der Waals surface area contributed by atoms with Gasteiger partial charge in [0.15, 0.2) is 12.2 Å². The average molecular weight is 449 g/mol. The number of nitro groups is 1. The van der Waals surface area contributed by atoms with Crippen molar-refractivity contribution in [3.8, 4) is 11.3 Å². The number of nitrogens with zero attached hydrogens (tertiary/aromatic N) is 6. The summed E-state index contributed by atoms with van der Waals surface area (Å²) in [7, 11) is 0. The Hall–Kier alpha value is -4.61.